The number of aliphatic carboxylic acids is 1. The van der Waals surface area contributed by atoms with E-state index in [1.165, 1.54) is 0 Å². The predicted octanol–water partition coefficient (Wildman–Crippen LogP) is 3.17. The lowest BCUT2D eigenvalue weighted by molar-refractivity contribution is -0.138. The standard InChI is InChI=1S/C19H17NO3/c20-18(19(22)23)10-13-8-9-14(21)11-17(13)16-7-3-5-12-4-1-2-6-15(12)16/h1-9,11,18,21H,10,20H2,(H,22,23). The average Bonchev–Trinajstić information content (AvgIpc) is 2.56. The quantitative estimate of drug-likeness (QED) is 0.691. The summed E-state index contributed by atoms with van der Waals surface area (Å²) in [5.74, 6) is -0.900. The van der Waals surface area contributed by atoms with Crippen molar-refractivity contribution >= 4 is 16.7 Å². The van der Waals surface area contributed by atoms with Gasteiger partial charge >= 0.3 is 5.97 Å². The van der Waals surface area contributed by atoms with Crippen molar-refractivity contribution in [2.45, 2.75) is 12.5 Å². The summed E-state index contributed by atoms with van der Waals surface area (Å²) in [6, 6.07) is 17.8. The molecule has 0 aliphatic rings. The van der Waals surface area contributed by atoms with Crippen molar-refractivity contribution in [3.8, 4) is 16.9 Å². The number of phenolic OH excluding ortho intramolecular Hbond substituents is 1. The van der Waals surface area contributed by atoms with Crippen molar-refractivity contribution in [3.63, 3.8) is 0 Å². The Bertz CT molecular complexity index is 868. The van der Waals surface area contributed by atoms with E-state index in [4.69, 9.17) is 10.8 Å². The largest absolute Gasteiger partial charge is 0.508 e. The number of aromatic hydroxyl groups is 1. The zero-order valence-corrected chi connectivity index (χ0v) is 12.4. The zero-order chi connectivity index (χ0) is 16.4. The van der Waals surface area contributed by atoms with Gasteiger partial charge in [-0.25, -0.2) is 0 Å². The maximum Gasteiger partial charge on any atom is 0.320 e. The van der Waals surface area contributed by atoms with E-state index in [1.54, 1.807) is 18.2 Å². The number of hydrogen-bond donors (Lipinski definition) is 3. The summed E-state index contributed by atoms with van der Waals surface area (Å²) in [6.45, 7) is 0. The molecule has 0 heterocycles. The second-order valence-corrected chi connectivity index (χ2v) is 5.52. The number of carbonyl (C=O) groups is 1. The van der Waals surface area contributed by atoms with Gasteiger partial charge in [0.05, 0.1) is 0 Å². The van der Waals surface area contributed by atoms with Gasteiger partial charge in [0.15, 0.2) is 0 Å². The van der Waals surface area contributed by atoms with Crippen LogP contribution in [-0.4, -0.2) is 22.2 Å². The normalized spacial score (nSPS) is 12.2. The molecular formula is C19H17NO3. The van der Waals surface area contributed by atoms with Crippen molar-refractivity contribution in [3.05, 3.63) is 66.2 Å². The predicted molar refractivity (Wildman–Crippen MR) is 90.4 cm³/mol. The van der Waals surface area contributed by atoms with Gasteiger partial charge in [0.25, 0.3) is 0 Å². The van der Waals surface area contributed by atoms with E-state index in [-0.39, 0.29) is 12.2 Å². The summed E-state index contributed by atoms with van der Waals surface area (Å²) in [5, 5.41) is 21.1. The number of hydrogen-bond acceptors (Lipinski definition) is 3. The highest BCUT2D eigenvalue weighted by Crippen LogP contribution is 2.33. The van der Waals surface area contributed by atoms with E-state index in [9.17, 15) is 9.90 Å². The molecule has 1 unspecified atom stereocenters. The number of nitrogens with two attached hydrogens (primary N) is 1. The topological polar surface area (TPSA) is 83.5 Å². The molecule has 0 saturated carbocycles. The molecule has 0 aliphatic heterocycles. The van der Waals surface area contributed by atoms with Gasteiger partial charge in [-0.15, -0.1) is 0 Å². The number of rotatable bonds is 4. The summed E-state index contributed by atoms with van der Waals surface area (Å²) in [5.41, 5.74) is 8.24. The van der Waals surface area contributed by atoms with E-state index in [0.29, 0.717) is 0 Å². The lowest BCUT2D eigenvalue weighted by Gasteiger charge is -2.14. The lowest BCUT2D eigenvalue weighted by atomic mass is 9.92. The van der Waals surface area contributed by atoms with Gasteiger partial charge in [0, 0.05) is 0 Å². The third-order valence-corrected chi connectivity index (χ3v) is 3.93. The summed E-state index contributed by atoms with van der Waals surface area (Å²) in [7, 11) is 0. The van der Waals surface area contributed by atoms with Crippen LogP contribution in [0.5, 0.6) is 5.75 Å². The molecule has 0 aliphatic carbocycles. The van der Waals surface area contributed by atoms with Crippen LogP contribution in [0.2, 0.25) is 0 Å². The van der Waals surface area contributed by atoms with Gasteiger partial charge in [0.2, 0.25) is 0 Å². The molecule has 4 N–H and O–H groups in total. The van der Waals surface area contributed by atoms with Crippen LogP contribution in [0, 0.1) is 0 Å². The Morgan fingerprint density at radius 2 is 1.74 bits per heavy atom. The fraction of sp³-hybridized carbons (Fsp3) is 0.105. The Morgan fingerprint density at radius 3 is 2.52 bits per heavy atom. The van der Waals surface area contributed by atoms with Gasteiger partial charge in [-0.3, -0.25) is 4.79 Å². The summed E-state index contributed by atoms with van der Waals surface area (Å²) >= 11 is 0. The molecule has 0 aromatic heterocycles. The van der Waals surface area contributed by atoms with Crippen LogP contribution >= 0.6 is 0 Å². The second-order valence-electron chi connectivity index (χ2n) is 5.52. The molecule has 0 amide bonds. The number of fused-ring (bicyclic) bond motifs is 1. The van der Waals surface area contributed by atoms with Crippen molar-refractivity contribution in [2.75, 3.05) is 0 Å². The van der Waals surface area contributed by atoms with E-state index >= 15 is 0 Å². The van der Waals surface area contributed by atoms with Gasteiger partial charge in [-0.2, -0.15) is 0 Å². The number of carboxylic acid groups (broad SMARTS) is 1. The number of benzene rings is 3. The molecule has 4 nitrogen and oxygen atoms in total. The monoisotopic (exact) mass is 307 g/mol. The molecule has 0 bridgehead atoms. The highest BCUT2D eigenvalue weighted by atomic mass is 16.4. The van der Waals surface area contributed by atoms with E-state index < -0.39 is 12.0 Å². The maximum absolute atomic E-state index is 11.1. The summed E-state index contributed by atoms with van der Waals surface area (Å²) in [4.78, 5) is 11.1. The maximum atomic E-state index is 11.1. The minimum absolute atomic E-state index is 0.139. The Hall–Kier alpha value is -2.85. The fourth-order valence-electron chi connectivity index (χ4n) is 2.78. The van der Waals surface area contributed by atoms with Crippen molar-refractivity contribution in [2.24, 2.45) is 5.73 Å². The summed E-state index contributed by atoms with van der Waals surface area (Å²) in [6.07, 6.45) is 0.203. The highest BCUT2D eigenvalue weighted by Gasteiger charge is 2.16. The van der Waals surface area contributed by atoms with Crippen LogP contribution < -0.4 is 5.73 Å². The number of phenols is 1. The Balaban J connectivity index is 2.18. The van der Waals surface area contributed by atoms with Gasteiger partial charge in [0.1, 0.15) is 11.8 Å². The van der Waals surface area contributed by atoms with Crippen LogP contribution in [0.3, 0.4) is 0 Å². The molecule has 23 heavy (non-hydrogen) atoms. The van der Waals surface area contributed by atoms with Crippen molar-refractivity contribution in [1.29, 1.82) is 0 Å². The second kappa shape index (κ2) is 6.10. The first-order chi connectivity index (χ1) is 11.1. The Morgan fingerprint density at radius 1 is 1.00 bits per heavy atom. The van der Waals surface area contributed by atoms with Crippen LogP contribution in [0.25, 0.3) is 21.9 Å². The molecule has 0 spiro atoms. The highest BCUT2D eigenvalue weighted by molar-refractivity contribution is 5.97. The number of carboxylic acids is 1. The van der Waals surface area contributed by atoms with Crippen LogP contribution in [-0.2, 0) is 11.2 Å². The first kappa shape index (κ1) is 15.1. The molecular weight excluding hydrogens is 290 g/mol. The van der Waals surface area contributed by atoms with Crippen molar-refractivity contribution < 1.29 is 15.0 Å². The van der Waals surface area contributed by atoms with Gasteiger partial charge in [-0.05, 0) is 46.0 Å². The smallest absolute Gasteiger partial charge is 0.320 e. The van der Waals surface area contributed by atoms with Gasteiger partial charge in [-0.1, -0.05) is 48.5 Å². The minimum Gasteiger partial charge on any atom is -0.508 e. The van der Waals surface area contributed by atoms with E-state index in [0.717, 1.165) is 27.5 Å². The zero-order valence-electron chi connectivity index (χ0n) is 12.4. The van der Waals surface area contributed by atoms with Crippen LogP contribution in [0.4, 0.5) is 0 Å². The third-order valence-electron chi connectivity index (χ3n) is 3.93. The first-order valence-electron chi connectivity index (χ1n) is 7.34. The van der Waals surface area contributed by atoms with Crippen LogP contribution in [0.15, 0.2) is 60.7 Å². The molecule has 0 saturated heterocycles. The molecule has 0 fully saturated rings. The SMILES string of the molecule is NC(Cc1ccc(O)cc1-c1cccc2ccccc12)C(=O)O. The Kier molecular flexibility index (Phi) is 4.00. The molecule has 1 atom stereocenters. The lowest BCUT2D eigenvalue weighted by Crippen LogP contribution is -2.32. The molecule has 3 aromatic carbocycles. The Labute approximate surface area is 133 Å². The molecule has 3 aromatic rings. The average molecular weight is 307 g/mol. The van der Waals surface area contributed by atoms with Crippen molar-refractivity contribution in [1.82, 2.24) is 0 Å². The molecule has 0 radical (unpaired) electrons. The minimum atomic E-state index is -1.04. The van der Waals surface area contributed by atoms with Crippen LogP contribution in [0.1, 0.15) is 5.56 Å². The van der Waals surface area contributed by atoms with E-state index in [2.05, 4.69) is 0 Å². The van der Waals surface area contributed by atoms with Gasteiger partial charge < -0.3 is 15.9 Å². The molecule has 3 rings (SSSR count). The first-order valence-corrected chi connectivity index (χ1v) is 7.34. The third kappa shape index (κ3) is 3.03. The molecule has 116 valence electrons. The van der Waals surface area contributed by atoms with E-state index in [1.807, 2.05) is 42.5 Å². The summed E-state index contributed by atoms with van der Waals surface area (Å²) < 4.78 is 0. The molecule has 4 heteroatoms. The fourth-order valence-corrected chi connectivity index (χ4v) is 2.78.